The van der Waals surface area contributed by atoms with Gasteiger partial charge >= 0.3 is 5.97 Å². The third kappa shape index (κ3) is 8.87. The van der Waals surface area contributed by atoms with Crippen molar-refractivity contribution in [3.05, 3.63) is 196 Å². The third-order valence-electron chi connectivity index (χ3n) is 8.31. The molecule has 6 aromatic rings. The van der Waals surface area contributed by atoms with Gasteiger partial charge in [0.2, 0.25) is 0 Å². The van der Waals surface area contributed by atoms with Crippen LogP contribution in [0.15, 0.2) is 146 Å². The van der Waals surface area contributed by atoms with Crippen molar-refractivity contribution < 1.29 is 24.8 Å². The van der Waals surface area contributed by atoms with Crippen LogP contribution in [0.4, 0.5) is 17.1 Å². The second-order valence-electron chi connectivity index (χ2n) is 11.9. The minimum Gasteiger partial charge on any atom is -0.478 e. The summed E-state index contributed by atoms with van der Waals surface area (Å²) in [5.74, 6) is -1.62. The number of benzene rings is 6. The van der Waals surface area contributed by atoms with Crippen LogP contribution in [0.1, 0.15) is 59.7 Å². The molecule has 0 aromatic heterocycles. The molecule has 1 amide bonds. The Morgan fingerprint density at radius 1 is 0.531 bits per heavy atom. The van der Waals surface area contributed by atoms with Crippen molar-refractivity contribution in [1.82, 2.24) is 0 Å². The lowest BCUT2D eigenvalue weighted by molar-refractivity contribution is -0.252. The molecule has 0 aliphatic rings. The number of rotatable bonds is 13. The summed E-state index contributed by atoms with van der Waals surface area (Å²) in [6, 6.07) is 46.8. The lowest BCUT2D eigenvalue weighted by Crippen LogP contribution is -2.17. The van der Waals surface area contributed by atoms with Crippen molar-refractivity contribution in [3.63, 3.8) is 0 Å². The van der Waals surface area contributed by atoms with Gasteiger partial charge in [0, 0.05) is 22.6 Å². The number of hydrogen-bond acceptors (Lipinski definition) is 5. The Bertz CT molecular complexity index is 2030. The molecule has 0 unspecified atom stereocenters. The number of hydrogen-bond donors (Lipinski definition) is 4. The summed E-state index contributed by atoms with van der Waals surface area (Å²) < 4.78 is 0. The Kier molecular flexibility index (Phi) is 10.6. The zero-order valence-electron chi connectivity index (χ0n) is 26.8. The highest BCUT2D eigenvalue weighted by Gasteiger charge is 2.18. The van der Waals surface area contributed by atoms with E-state index < -0.39 is 11.9 Å². The van der Waals surface area contributed by atoms with E-state index in [1.54, 1.807) is 12.1 Å². The number of anilines is 3. The van der Waals surface area contributed by atoms with Crippen molar-refractivity contribution >= 4 is 28.9 Å². The molecule has 0 heterocycles. The van der Waals surface area contributed by atoms with Crippen molar-refractivity contribution in [3.8, 4) is 0 Å². The van der Waals surface area contributed by atoms with Gasteiger partial charge in [0.1, 0.15) is 6.61 Å². The van der Waals surface area contributed by atoms with Crippen LogP contribution >= 0.6 is 0 Å². The van der Waals surface area contributed by atoms with Crippen LogP contribution in [0.2, 0.25) is 0 Å². The molecule has 6 aromatic carbocycles. The van der Waals surface area contributed by atoms with E-state index in [2.05, 4.69) is 45.9 Å². The van der Waals surface area contributed by atoms with Gasteiger partial charge in [-0.15, -0.1) is 0 Å². The van der Waals surface area contributed by atoms with Crippen LogP contribution in [0.5, 0.6) is 0 Å². The number of carbonyl (C=O) groups is 2. The average Bonchev–Trinajstić information content (AvgIpc) is 3.12. The van der Waals surface area contributed by atoms with Crippen LogP contribution in [0, 0.1) is 0 Å². The molecular weight excluding hydrogens is 612 g/mol. The van der Waals surface area contributed by atoms with E-state index in [0.717, 1.165) is 51.2 Å². The molecule has 0 radical (unpaired) electrons. The molecule has 0 aliphatic heterocycles. The van der Waals surface area contributed by atoms with E-state index >= 15 is 0 Å². The molecule has 7 heteroatoms. The van der Waals surface area contributed by atoms with Gasteiger partial charge in [-0.1, -0.05) is 103 Å². The Balaban J connectivity index is 1.09. The fraction of sp³-hybridized carbons (Fsp3) is 0.0952. The van der Waals surface area contributed by atoms with Gasteiger partial charge in [-0.05, 0) is 95.1 Å². The monoisotopic (exact) mass is 648 g/mol. The fourth-order valence-corrected chi connectivity index (χ4v) is 5.79. The van der Waals surface area contributed by atoms with Crippen molar-refractivity contribution in [1.29, 1.82) is 0 Å². The second-order valence-corrected chi connectivity index (χ2v) is 11.9. The highest BCUT2D eigenvalue weighted by molar-refractivity contribution is 6.10. The maximum Gasteiger partial charge on any atom is 0.336 e. The molecule has 0 saturated heterocycles. The maximum absolute atomic E-state index is 13.2. The first-order valence-corrected chi connectivity index (χ1v) is 16.0. The van der Waals surface area contributed by atoms with Crippen LogP contribution in [0.25, 0.3) is 0 Å². The van der Waals surface area contributed by atoms with E-state index in [0.29, 0.717) is 18.5 Å². The summed E-state index contributed by atoms with van der Waals surface area (Å²) in [6.07, 6.45) is 2.08. The number of amides is 1. The van der Waals surface area contributed by atoms with Crippen LogP contribution in [-0.4, -0.2) is 22.2 Å². The summed E-state index contributed by atoms with van der Waals surface area (Å²) >= 11 is 0. The molecule has 6 rings (SSSR count). The van der Waals surface area contributed by atoms with E-state index in [9.17, 15) is 14.7 Å². The SMILES string of the molecule is O=C(O)c1ccc(Cc2ccccc2)cc1C(=O)Nc1ccc(Cc2ccc(Nc3cc(Cc4ccccc4)ccc3COO)cc2)cc1. The molecular formula is C42H36N2O5. The van der Waals surface area contributed by atoms with Gasteiger partial charge < -0.3 is 15.7 Å². The molecule has 0 atom stereocenters. The predicted molar refractivity (Wildman–Crippen MR) is 193 cm³/mol. The van der Waals surface area contributed by atoms with E-state index in [1.165, 1.54) is 11.6 Å². The summed E-state index contributed by atoms with van der Waals surface area (Å²) in [7, 11) is 0. The number of nitrogens with one attached hydrogen (secondary N) is 2. The molecule has 0 aliphatic carbocycles. The quantitative estimate of drug-likeness (QED) is 0.0735. The fourth-order valence-electron chi connectivity index (χ4n) is 5.79. The van der Waals surface area contributed by atoms with Gasteiger partial charge in [-0.2, -0.15) is 0 Å². The second kappa shape index (κ2) is 15.7. The summed E-state index contributed by atoms with van der Waals surface area (Å²) in [5, 5.41) is 25.2. The van der Waals surface area contributed by atoms with Crippen LogP contribution in [-0.2, 0) is 30.8 Å². The molecule has 0 spiro atoms. The highest BCUT2D eigenvalue weighted by atomic mass is 17.1. The lowest BCUT2D eigenvalue weighted by Gasteiger charge is -2.14. The van der Waals surface area contributed by atoms with E-state index in [-0.39, 0.29) is 17.7 Å². The van der Waals surface area contributed by atoms with Crippen molar-refractivity contribution in [2.75, 3.05) is 10.6 Å². The maximum atomic E-state index is 13.2. The molecule has 0 fully saturated rings. The Hall–Kier alpha value is -6.02. The Labute approximate surface area is 285 Å². The summed E-state index contributed by atoms with van der Waals surface area (Å²) in [4.78, 5) is 29.6. The standard InChI is InChI=1S/C42H36N2O5/c45-41(39-26-33(16-22-38(39)42(46)47)24-29-7-3-1-4-8-29)44-37-20-14-32(15-21-37)23-31-12-18-36(19-13-31)43-40-27-34(11-17-35(40)28-49-48)25-30-9-5-2-6-10-30/h1-22,26-27,43,48H,23-25,28H2,(H,44,45)(H,46,47). The Morgan fingerprint density at radius 2 is 1.02 bits per heavy atom. The minimum atomic E-state index is -1.15. The number of carboxylic acids is 1. The molecule has 4 N–H and O–H groups in total. The smallest absolute Gasteiger partial charge is 0.336 e. The topological polar surface area (TPSA) is 108 Å². The molecule has 0 bridgehead atoms. The minimum absolute atomic E-state index is 0.0401. The van der Waals surface area contributed by atoms with Crippen LogP contribution < -0.4 is 10.6 Å². The first-order valence-electron chi connectivity index (χ1n) is 16.0. The van der Waals surface area contributed by atoms with Crippen molar-refractivity contribution in [2.45, 2.75) is 25.9 Å². The lowest BCUT2D eigenvalue weighted by atomic mass is 9.98. The number of carbonyl (C=O) groups excluding carboxylic acids is 1. The first-order chi connectivity index (χ1) is 23.9. The molecule has 7 nitrogen and oxygen atoms in total. The first kappa shape index (κ1) is 32.9. The van der Waals surface area contributed by atoms with Crippen LogP contribution in [0.3, 0.4) is 0 Å². The Morgan fingerprint density at radius 3 is 1.59 bits per heavy atom. The molecule has 0 saturated carbocycles. The summed E-state index contributed by atoms with van der Waals surface area (Å²) in [5.41, 5.74) is 9.74. The summed E-state index contributed by atoms with van der Waals surface area (Å²) in [6.45, 7) is 0.0733. The predicted octanol–water partition coefficient (Wildman–Crippen LogP) is 9.14. The van der Waals surface area contributed by atoms with Gasteiger partial charge in [0.15, 0.2) is 0 Å². The van der Waals surface area contributed by atoms with Gasteiger partial charge in [0.05, 0.1) is 11.1 Å². The number of carboxylic acid groups (broad SMARTS) is 1. The van der Waals surface area contributed by atoms with E-state index in [1.807, 2.05) is 97.1 Å². The van der Waals surface area contributed by atoms with Gasteiger partial charge in [-0.3, -0.25) is 10.1 Å². The van der Waals surface area contributed by atoms with E-state index in [4.69, 9.17) is 5.26 Å². The molecule has 49 heavy (non-hydrogen) atoms. The molecule has 244 valence electrons. The number of aromatic carboxylic acids is 1. The third-order valence-corrected chi connectivity index (χ3v) is 8.31. The van der Waals surface area contributed by atoms with Crippen molar-refractivity contribution in [2.24, 2.45) is 0 Å². The highest BCUT2D eigenvalue weighted by Crippen LogP contribution is 2.26. The largest absolute Gasteiger partial charge is 0.478 e. The zero-order chi connectivity index (χ0) is 34.0. The zero-order valence-corrected chi connectivity index (χ0v) is 26.8. The van der Waals surface area contributed by atoms with Gasteiger partial charge in [0.25, 0.3) is 5.91 Å². The average molecular weight is 649 g/mol. The van der Waals surface area contributed by atoms with Gasteiger partial charge in [-0.25, -0.2) is 9.68 Å². The normalized spacial score (nSPS) is 10.8.